The van der Waals surface area contributed by atoms with Crippen LogP contribution in [0.3, 0.4) is 0 Å². The topological polar surface area (TPSA) is 76.1 Å². The minimum absolute atomic E-state index is 0.0727. The molecule has 2 fully saturated rings. The number of carboxylic acids is 1. The summed E-state index contributed by atoms with van der Waals surface area (Å²) in [6.45, 7) is 5.67. The molecule has 0 aliphatic carbocycles. The summed E-state index contributed by atoms with van der Waals surface area (Å²) in [4.78, 5) is 26.1. The van der Waals surface area contributed by atoms with E-state index in [1.165, 1.54) is 0 Å². The van der Waals surface area contributed by atoms with Gasteiger partial charge in [0, 0.05) is 25.6 Å². The van der Waals surface area contributed by atoms with E-state index in [0.29, 0.717) is 32.1 Å². The number of fused-ring (bicyclic) bond motifs is 1. The van der Waals surface area contributed by atoms with Gasteiger partial charge in [-0.1, -0.05) is 32.0 Å². The molecule has 6 heteroatoms. The zero-order chi connectivity index (χ0) is 18.7. The summed E-state index contributed by atoms with van der Waals surface area (Å²) < 4.78 is 11.2. The highest BCUT2D eigenvalue weighted by Gasteiger charge is 2.54. The molecule has 1 amide bonds. The maximum Gasteiger partial charge on any atom is 0.311 e. The van der Waals surface area contributed by atoms with E-state index in [9.17, 15) is 14.7 Å². The number of carboxylic acid groups (broad SMARTS) is 1. The molecule has 2 aliphatic rings. The van der Waals surface area contributed by atoms with Gasteiger partial charge < -0.3 is 19.5 Å². The first-order chi connectivity index (χ1) is 12.5. The molecule has 0 spiro atoms. The Morgan fingerprint density at radius 2 is 2.19 bits per heavy atom. The van der Waals surface area contributed by atoms with E-state index in [4.69, 9.17) is 9.47 Å². The number of carbonyl (C=O) groups excluding carboxylic acids is 1. The molecule has 0 aromatic heterocycles. The summed E-state index contributed by atoms with van der Waals surface area (Å²) in [5.41, 5.74) is 0.219. The number of amides is 1. The van der Waals surface area contributed by atoms with Crippen molar-refractivity contribution in [2.75, 3.05) is 32.9 Å². The molecule has 0 radical (unpaired) electrons. The number of ether oxygens (including phenoxy) is 2. The smallest absolute Gasteiger partial charge is 0.311 e. The van der Waals surface area contributed by atoms with Crippen LogP contribution in [0.25, 0.3) is 0 Å². The van der Waals surface area contributed by atoms with Crippen LogP contribution >= 0.6 is 0 Å². The van der Waals surface area contributed by atoms with Crippen LogP contribution in [-0.2, 0) is 14.3 Å². The second-order valence-electron chi connectivity index (χ2n) is 7.39. The summed E-state index contributed by atoms with van der Waals surface area (Å²) in [5, 5.41) is 9.71. The van der Waals surface area contributed by atoms with E-state index in [1.807, 2.05) is 24.3 Å². The minimum atomic E-state index is -0.872. The van der Waals surface area contributed by atoms with Crippen molar-refractivity contribution < 1.29 is 24.2 Å². The Morgan fingerprint density at radius 1 is 1.42 bits per heavy atom. The van der Waals surface area contributed by atoms with E-state index < -0.39 is 11.4 Å². The van der Waals surface area contributed by atoms with E-state index in [-0.39, 0.29) is 25.0 Å². The van der Waals surface area contributed by atoms with Gasteiger partial charge in [-0.15, -0.1) is 0 Å². The highest BCUT2D eigenvalue weighted by atomic mass is 16.5. The largest absolute Gasteiger partial charge is 0.483 e. The second kappa shape index (κ2) is 7.66. The Hall–Kier alpha value is -2.08. The van der Waals surface area contributed by atoms with Gasteiger partial charge >= 0.3 is 5.97 Å². The van der Waals surface area contributed by atoms with Gasteiger partial charge in [0.2, 0.25) is 0 Å². The minimum Gasteiger partial charge on any atom is -0.483 e. The molecule has 3 atom stereocenters. The Morgan fingerprint density at radius 3 is 2.88 bits per heavy atom. The van der Waals surface area contributed by atoms with E-state index in [2.05, 4.69) is 13.8 Å². The van der Waals surface area contributed by atoms with Crippen molar-refractivity contribution >= 4 is 11.9 Å². The van der Waals surface area contributed by atoms with Gasteiger partial charge in [0.15, 0.2) is 6.61 Å². The first kappa shape index (κ1) is 18.7. The lowest BCUT2D eigenvalue weighted by Crippen LogP contribution is -2.45. The first-order valence-corrected chi connectivity index (χ1v) is 9.28. The number of rotatable bonds is 6. The lowest BCUT2D eigenvalue weighted by atomic mass is 9.74. The van der Waals surface area contributed by atoms with Crippen LogP contribution in [0.15, 0.2) is 24.3 Å². The number of nitrogens with zero attached hydrogens (tertiary/aromatic N) is 1. The molecule has 3 rings (SSSR count). The van der Waals surface area contributed by atoms with Crippen molar-refractivity contribution in [1.82, 2.24) is 4.90 Å². The third kappa shape index (κ3) is 3.43. The van der Waals surface area contributed by atoms with E-state index in [0.717, 1.165) is 17.7 Å². The zero-order valence-electron chi connectivity index (χ0n) is 15.4. The summed E-state index contributed by atoms with van der Waals surface area (Å²) in [6, 6.07) is 7.77. The van der Waals surface area contributed by atoms with Gasteiger partial charge in [-0.2, -0.15) is 0 Å². The average Bonchev–Trinajstić information content (AvgIpc) is 3.07. The van der Waals surface area contributed by atoms with Gasteiger partial charge in [0.1, 0.15) is 5.75 Å². The SMILES string of the molecule is CCC(C)c1ccccc1OCC(=O)N1C[C@H]2COCC[C@@]2(C(=O)O)C1. The Balaban J connectivity index is 1.66. The third-order valence-corrected chi connectivity index (χ3v) is 5.90. The molecule has 0 saturated carbocycles. The lowest BCUT2D eigenvalue weighted by molar-refractivity contribution is -0.157. The molecule has 1 unspecified atom stereocenters. The van der Waals surface area contributed by atoms with Crippen molar-refractivity contribution in [1.29, 1.82) is 0 Å². The molecule has 6 nitrogen and oxygen atoms in total. The summed E-state index contributed by atoms with van der Waals surface area (Å²) in [7, 11) is 0. The molecule has 2 aliphatic heterocycles. The van der Waals surface area contributed by atoms with Gasteiger partial charge in [0.05, 0.1) is 12.0 Å². The van der Waals surface area contributed by atoms with Crippen LogP contribution in [0.1, 0.15) is 38.2 Å². The number of likely N-dealkylation sites (tertiary alicyclic amines) is 1. The van der Waals surface area contributed by atoms with Crippen molar-refractivity contribution in [3.63, 3.8) is 0 Å². The van der Waals surface area contributed by atoms with Crippen LogP contribution in [-0.4, -0.2) is 54.8 Å². The number of benzene rings is 1. The summed E-state index contributed by atoms with van der Waals surface area (Å²) in [6.07, 6.45) is 1.44. The van der Waals surface area contributed by atoms with Crippen LogP contribution < -0.4 is 4.74 Å². The van der Waals surface area contributed by atoms with Gasteiger partial charge in [0.25, 0.3) is 5.91 Å². The number of carbonyl (C=O) groups is 2. The number of hydrogen-bond donors (Lipinski definition) is 1. The Kier molecular flexibility index (Phi) is 5.51. The summed E-state index contributed by atoms with van der Waals surface area (Å²) in [5.74, 6) is -0.0697. The van der Waals surface area contributed by atoms with E-state index in [1.54, 1.807) is 4.90 Å². The van der Waals surface area contributed by atoms with Crippen LogP contribution in [0, 0.1) is 11.3 Å². The maximum absolute atomic E-state index is 12.6. The van der Waals surface area contributed by atoms with E-state index >= 15 is 0 Å². The molecular weight excluding hydrogens is 334 g/mol. The predicted octanol–water partition coefficient (Wildman–Crippen LogP) is 2.53. The molecule has 1 aromatic carbocycles. The maximum atomic E-state index is 12.6. The fourth-order valence-electron chi connectivity index (χ4n) is 3.96. The Labute approximate surface area is 154 Å². The molecule has 1 aromatic rings. The molecular formula is C20H27NO5. The predicted molar refractivity (Wildman–Crippen MR) is 96.2 cm³/mol. The van der Waals surface area contributed by atoms with Crippen molar-refractivity contribution in [2.45, 2.75) is 32.6 Å². The van der Waals surface area contributed by atoms with Gasteiger partial charge in [-0.05, 0) is 30.4 Å². The lowest BCUT2D eigenvalue weighted by Gasteiger charge is -2.33. The zero-order valence-corrected chi connectivity index (χ0v) is 15.4. The number of para-hydroxylation sites is 1. The van der Waals surface area contributed by atoms with Crippen LogP contribution in [0.2, 0.25) is 0 Å². The highest BCUT2D eigenvalue weighted by Crippen LogP contribution is 2.42. The Bertz CT molecular complexity index is 676. The average molecular weight is 361 g/mol. The molecule has 0 bridgehead atoms. The second-order valence-corrected chi connectivity index (χ2v) is 7.39. The highest BCUT2D eigenvalue weighted by molar-refractivity contribution is 5.82. The van der Waals surface area contributed by atoms with Gasteiger partial charge in [-0.25, -0.2) is 0 Å². The van der Waals surface area contributed by atoms with Crippen molar-refractivity contribution in [2.24, 2.45) is 11.3 Å². The third-order valence-electron chi connectivity index (χ3n) is 5.90. The normalized spacial score (nSPS) is 26.2. The molecule has 1 N–H and O–H groups in total. The molecule has 2 saturated heterocycles. The van der Waals surface area contributed by atoms with Crippen LogP contribution in [0.4, 0.5) is 0 Å². The molecule has 26 heavy (non-hydrogen) atoms. The fourth-order valence-corrected chi connectivity index (χ4v) is 3.96. The van der Waals surface area contributed by atoms with Gasteiger partial charge in [-0.3, -0.25) is 9.59 Å². The monoisotopic (exact) mass is 361 g/mol. The summed E-state index contributed by atoms with van der Waals surface area (Å²) >= 11 is 0. The molecule has 142 valence electrons. The standard InChI is InChI=1S/C20H27NO5/c1-3-14(2)16-6-4-5-7-17(16)26-12-18(22)21-10-15-11-25-9-8-20(15,13-21)19(23)24/h4-7,14-15H,3,8-13H2,1-2H3,(H,23,24)/t14?,15-,20+/m0/s1. The number of hydrogen-bond acceptors (Lipinski definition) is 4. The van der Waals surface area contributed by atoms with Crippen LogP contribution in [0.5, 0.6) is 5.75 Å². The van der Waals surface area contributed by atoms with Crippen molar-refractivity contribution in [3.05, 3.63) is 29.8 Å². The fraction of sp³-hybridized carbons (Fsp3) is 0.600. The number of aliphatic carboxylic acids is 1. The van der Waals surface area contributed by atoms with Crippen molar-refractivity contribution in [3.8, 4) is 5.75 Å². The first-order valence-electron chi connectivity index (χ1n) is 9.28. The molecule has 2 heterocycles. The quantitative estimate of drug-likeness (QED) is 0.843.